The summed E-state index contributed by atoms with van der Waals surface area (Å²) >= 11 is 1.48. The molecule has 27 heavy (non-hydrogen) atoms. The predicted molar refractivity (Wildman–Crippen MR) is 108 cm³/mol. The molecular weight excluding hydrogens is 360 g/mol. The molecule has 0 atom stereocenters. The van der Waals surface area contributed by atoms with Crippen molar-refractivity contribution < 1.29 is 13.9 Å². The lowest BCUT2D eigenvalue weighted by atomic mass is 10.2. The van der Waals surface area contributed by atoms with Crippen molar-refractivity contribution in [3.63, 3.8) is 0 Å². The summed E-state index contributed by atoms with van der Waals surface area (Å²) in [5.41, 5.74) is 2.42. The number of carbonyl (C=O) groups is 1. The third kappa shape index (κ3) is 5.14. The van der Waals surface area contributed by atoms with Crippen LogP contribution in [0.25, 0.3) is 11.5 Å². The second-order valence-electron chi connectivity index (χ2n) is 5.98. The van der Waals surface area contributed by atoms with E-state index in [0.717, 1.165) is 33.4 Å². The van der Waals surface area contributed by atoms with Gasteiger partial charge in [0.15, 0.2) is 0 Å². The maximum atomic E-state index is 12.3. The highest BCUT2D eigenvalue weighted by Crippen LogP contribution is 2.25. The smallest absolute Gasteiger partial charge is 0.234 e. The van der Waals surface area contributed by atoms with Gasteiger partial charge >= 0.3 is 0 Å². The number of rotatable bonds is 7. The van der Waals surface area contributed by atoms with E-state index in [0.29, 0.717) is 18.3 Å². The van der Waals surface area contributed by atoms with Gasteiger partial charge in [-0.2, -0.15) is 0 Å². The maximum Gasteiger partial charge on any atom is 0.234 e. The van der Waals surface area contributed by atoms with E-state index in [4.69, 9.17) is 9.15 Å². The number of nitrogens with one attached hydrogen (secondary N) is 1. The molecule has 0 saturated heterocycles. The van der Waals surface area contributed by atoms with Crippen LogP contribution in [0.15, 0.2) is 57.8 Å². The summed E-state index contributed by atoms with van der Waals surface area (Å²) in [6.07, 6.45) is 0. The van der Waals surface area contributed by atoms with E-state index in [1.807, 2.05) is 69.3 Å². The molecular formula is C21H22N2O3S. The number of nitrogens with zero attached hydrogens (tertiary/aromatic N) is 1. The van der Waals surface area contributed by atoms with Gasteiger partial charge in [-0.3, -0.25) is 4.79 Å². The van der Waals surface area contributed by atoms with Crippen LogP contribution in [0.5, 0.6) is 5.75 Å². The summed E-state index contributed by atoms with van der Waals surface area (Å²) in [4.78, 5) is 17.7. The first kappa shape index (κ1) is 19.0. The van der Waals surface area contributed by atoms with Gasteiger partial charge in [-0.25, -0.2) is 4.98 Å². The van der Waals surface area contributed by atoms with Crippen LogP contribution in [0, 0.1) is 13.8 Å². The molecule has 2 aromatic carbocycles. The monoisotopic (exact) mass is 382 g/mol. The van der Waals surface area contributed by atoms with Crippen molar-refractivity contribution in [2.24, 2.45) is 0 Å². The summed E-state index contributed by atoms with van der Waals surface area (Å²) < 4.78 is 11.1. The van der Waals surface area contributed by atoms with Gasteiger partial charge in [0.2, 0.25) is 11.8 Å². The Morgan fingerprint density at radius 2 is 1.96 bits per heavy atom. The third-order valence-electron chi connectivity index (χ3n) is 3.93. The Hall–Kier alpha value is -2.73. The Morgan fingerprint density at radius 3 is 2.63 bits per heavy atom. The van der Waals surface area contributed by atoms with Crippen LogP contribution in [0.4, 0.5) is 5.69 Å². The van der Waals surface area contributed by atoms with Gasteiger partial charge in [0.1, 0.15) is 11.5 Å². The number of thioether (sulfide) groups is 1. The number of anilines is 1. The van der Waals surface area contributed by atoms with Gasteiger partial charge < -0.3 is 14.5 Å². The molecule has 3 aromatic rings. The van der Waals surface area contributed by atoms with Gasteiger partial charge in [-0.1, -0.05) is 6.07 Å². The fourth-order valence-electron chi connectivity index (χ4n) is 2.47. The molecule has 0 aliphatic heterocycles. The molecule has 1 heterocycles. The number of oxazole rings is 1. The van der Waals surface area contributed by atoms with E-state index in [-0.39, 0.29) is 5.91 Å². The Labute approximate surface area is 163 Å². The number of amides is 1. The quantitative estimate of drug-likeness (QED) is 0.577. The number of hydrogen-bond acceptors (Lipinski definition) is 5. The number of aromatic nitrogens is 1. The van der Waals surface area contributed by atoms with Gasteiger partial charge in [0.25, 0.3) is 0 Å². The average Bonchev–Trinajstić information content (AvgIpc) is 3.00. The number of carbonyl (C=O) groups excluding carboxylic acids is 1. The second-order valence-corrected chi connectivity index (χ2v) is 7.03. The summed E-state index contributed by atoms with van der Waals surface area (Å²) in [6, 6.07) is 15.2. The highest BCUT2D eigenvalue weighted by Gasteiger charge is 2.10. The lowest BCUT2D eigenvalue weighted by Gasteiger charge is -2.07. The molecule has 0 radical (unpaired) electrons. The minimum absolute atomic E-state index is 0.0641. The zero-order valence-corrected chi connectivity index (χ0v) is 16.4. The van der Waals surface area contributed by atoms with Crippen molar-refractivity contribution >= 4 is 23.4 Å². The fraction of sp³-hybridized carbons (Fsp3) is 0.238. The van der Waals surface area contributed by atoms with Crippen LogP contribution < -0.4 is 10.1 Å². The van der Waals surface area contributed by atoms with Crippen molar-refractivity contribution in [3.8, 4) is 17.2 Å². The van der Waals surface area contributed by atoms with E-state index in [1.165, 1.54) is 11.8 Å². The first-order valence-electron chi connectivity index (χ1n) is 8.75. The van der Waals surface area contributed by atoms with Gasteiger partial charge in [-0.15, -0.1) is 11.8 Å². The number of ether oxygens (including phenoxy) is 1. The number of aryl methyl sites for hydroxylation is 2. The van der Waals surface area contributed by atoms with Crippen molar-refractivity contribution in [1.29, 1.82) is 0 Å². The van der Waals surface area contributed by atoms with Gasteiger partial charge in [0, 0.05) is 16.1 Å². The van der Waals surface area contributed by atoms with Crippen LogP contribution >= 0.6 is 11.8 Å². The Morgan fingerprint density at radius 1 is 1.19 bits per heavy atom. The summed E-state index contributed by atoms with van der Waals surface area (Å²) in [7, 11) is 0. The SMILES string of the molecule is CCOc1ccc(SCC(=O)Nc2cccc(-c3nc(C)c(C)o3)c2)cc1. The van der Waals surface area contributed by atoms with Crippen molar-refractivity contribution in [2.75, 3.05) is 17.7 Å². The van der Waals surface area contributed by atoms with Crippen LogP contribution in [0.3, 0.4) is 0 Å². The third-order valence-corrected chi connectivity index (χ3v) is 4.94. The lowest BCUT2D eigenvalue weighted by Crippen LogP contribution is -2.13. The van der Waals surface area contributed by atoms with Crippen molar-refractivity contribution in [1.82, 2.24) is 4.98 Å². The normalized spacial score (nSPS) is 10.6. The molecule has 1 N–H and O–H groups in total. The second kappa shape index (κ2) is 8.77. The van der Waals surface area contributed by atoms with Gasteiger partial charge in [-0.05, 0) is 63.2 Å². The minimum Gasteiger partial charge on any atom is -0.494 e. The summed E-state index contributed by atoms with van der Waals surface area (Å²) in [5.74, 6) is 2.46. The minimum atomic E-state index is -0.0641. The Kier molecular flexibility index (Phi) is 6.19. The highest BCUT2D eigenvalue weighted by molar-refractivity contribution is 8.00. The van der Waals surface area contributed by atoms with Gasteiger partial charge in [0.05, 0.1) is 18.1 Å². The lowest BCUT2D eigenvalue weighted by molar-refractivity contribution is -0.113. The predicted octanol–water partition coefficient (Wildman–Crippen LogP) is 5.09. The van der Waals surface area contributed by atoms with E-state index in [1.54, 1.807) is 0 Å². The molecule has 0 spiro atoms. The first-order chi connectivity index (χ1) is 13.0. The molecule has 0 unspecified atom stereocenters. The molecule has 0 aliphatic carbocycles. The first-order valence-corrected chi connectivity index (χ1v) is 9.73. The molecule has 140 valence electrons. The molecule has 1 amide bonds. The van der Waals surface area contributed by atoms with Crippen LogP contribution in [0.1, 0.15) is 18.4 Å². The zero-order valence-electron chi connectivity index (χ0n) is 15.6. The maximum absolute atomic E-state index is 12.3. The average molecular weight is 382 g/mol. The zero-order chi connectivity index (χ0) is 19.2. The largest absolute Gasteiger partial charge is 0.494 e. The van der Waals surface area contributed by atoms with E-state index >= 15 is 0 Å². The van der Waals surface area contributed by atoms with Crippen molar-refractivity contribution in [3.05, 3.63) is 60.0 Å². The molecule has 0 aliphatic rings. The molecule has 5 nitrogen and oxygen atoms in total. The van der Waals surface area contributed by atoms with Crippen molar-refractivity contribution in [2.45, 2.75) is 25.7 Å². The Balaban J connectivity index is 1.58. The van der Waals surface area contributed by atoms with E-state index < -0.39 is 0 Å². The van der Waals surface area contributed by atoms with Crippen LogP contribution in [-0.2, 0) is 4.79 Å². The molecule has 0 bridgehead atoms. The number of benzene rings is 2. The molecule has 0 fully saturated rings. The van der Waals surface area contributed by atoms with E-state index in [2.05, 4.69) is 10.3 Å². The molecule has 6 heteroatoms. The molecule has 0 saturated carbocycles. The fourth-order valence-corrected chi connectivity index (χ4v) is 3.17. The molecule has 1 aromatic heterocycles. The topological polar surface area (TPSA) is 64.4 Å². The summed E-state index contributed by atoms with van der Waals surface area (Å²) in [6.45, 7) is 6.38. The molecule has 3 rings (SSSR count). The highest BCUT2D eigenvalue weighted by atomic mass is 32.2. The van der Waals surface area contributed by atoms with E-state index in [9.17, 15) is 4.79 Å². The number of hydrogen-bond donors (Lipinski definition) is 1. The standard InChI is InChI=1S/C21H22N2O3S/c1-4-25-18-8-10-19(11-9-18)27-13-20(24)23-17-7-5-6-16(12-17)21-22-14(2)15(3)26-21/h5-12H,4,13H2,1-3H3,(H,23,24). The van der Waals surface area contributed by atoms with Crippen LogP contribution in [-0.4, -0.2) is 23.3 Å². The van der Waals surface area contributed by atoms with Crippen LogP contribution in [0.2, 0.25) is 0 Å². The Bertz CT molecular complexity index is 900. The summed E-state index contributed by atoms with van der Waals surface area (Å²) in [5, 5.41) is 2.92.